The molecule has 0 unspecified atom stereocenters. The number of para-hydroxylation sites is 1. The van der Waals surface area contributed by atoms with Crippen LogP contribution in [0, 0.1) is 6.92 Å². The summed E-state index contributed by atoms with van der Waals surface area (Å²) in [5.74, 6) is -0.967. The van der Waals surface area contributed by atoms with E-state index in [1.165, 1.54) is 6.20 Å². The predicted molar refractivity (Wildman–Crippen MR) is 150 cm³/mol. The van der Waals surface area contributed by atoms with E-state index in [1.54, 1.807) is 40.2 Å². The molecule has 3 heterocycles. The van der Waals surface area contributed by atoms with Crippen molar-refractivity contribution in [3.63, 3.8) is 0 Å². The van der Waals surface area contributed by atoms with Gasteiger partial charge in [0.2, 0.25) is 0 Å². The topological polar surface area (TPSA) is 99.9 Å². The Kier molecular flexibility index (Phi) is 7.65. The number of hydroxylamine groups is 1. The maximum atomic E-state index is 13.7. The minimum absolute atomic E-state index is 0.0368. The molecule has 0 aliphatic carbocycles. The number of aromatic nitrogens is 2. The van der Waals surface area contributed by atoms with Crippen LogP contribution in [0.2, 0.25) is 10.0 Å². The molecular weight excluding hydrogens is 541 g/mol. The highest BCUT2D eigenvalue weighted by Crippen LogP contribution is 2.31. The van der Waals surface area contributed by atoms with Gasteiger partial charge in [0.05, 0.1) is 15.6 Å². The number of nitrogens with one attached hydrogen (secondary N) is 1. The molecule has 0 atom stereocenters. The minimum Gasteiger partial charge on any atom is -0.486 e. The molecule has 0 spiro atoms. The molecular formula is C28H27Cl2N5O4. The number of amides is 2. The summed E-state index contributed by atoms with van der Waals surface area (Å²) in [5, 5.41) is 11.1. The van der Waals surface area contributed by atoms with Crippen molar-refractivity contribution in [1.82, 2.24) is 19.9 Å². The molecule has 1 fully saturated rings. The van der Waals surface area contributed by atoms with Gasteiger partial charge in [-0.1, -0.05) is 47.5 Å². The molecule has 11 heteroatoms. The van der Waals surface area contributed by atoms with Gasteiger partial charge in [-0.05, 0) is 36.8 Å². The number of carbonyl (C=O) groups is 2. The normalized spacial score (nSPS) is 13.6. The smallest absolute Gasteiger partial charge is 0.279 e. The summed E-state index contributed by atoms with van der Waals surface area (Å²) in [7, 11) is 1.66. The highest BCUT2D eigenvalue weighted by atomic mass is 35.5. The Balaban J connectivity index is 1.38. The van der Waals surface area contributed by atoms with Crippen LogP contribution in [0.15, 0.2) is 54.7 Å². The first kappa shape index (κ1) is 26.8. The van der Waals surface area contributed by atoms with E-state index in [1.807, 2.05) is 25.1 Å². The molecule has 2 aromatic carbocycles. The van der Waals surface area contributed by atoms with Gasteiger partial charge in [-0.25, -0.2) is 5.48 Å². The molecule has 0 saturated carbocycles. The number of hydrogen-bond donors (Lipinski definition) is 2. The Bertz CT molecular complexity index is 1560. The van der Waals surface area contributed by atoms with Gasteiger partial charge >= 0.3 is 0 Å². The Hall–Kier alpha value is -3.79. The lowest BCUT2D eigenvalue weighted by atomic mass is 10.1. The van der Waals surface area contributed by atoms with Crippen molar-refractivity contribution < 1.29 is 19.5 Å². The Morgan fingerprint density at radius 2 is 1.79 bits per heavy atom. The molecule has 1 aliphatic heterocycles. The van der Waals surface area contributed by atoms with Gasteiger partial charge in [0.25, 0.3) is 11.8 Å². The van der Waals surface area contributed by atoms with Crippen molar-refractivity contribution >= 4 is 51.6 Å². The third kappa shape index (κ3) is 5.38. The largest absolute Gasteiger partial charge is 0.486 e. The van der Waals surface area contributed by atoms with Gasteiger partial charge in [0, 0.05) is 56.2 Å². The Morgan fingerprint density at radius 1 is 1.05 bits per heavy atom. The fourth-order valence-electron chi connectivity index (χ4n) is 4.85. The molecule has 2 aromatic heterocycles. The number of rotatable bonds is 6. The van der Waals surface area contributed by atoms with E-state index >= 15 is 0 Å². The second kappa shape index (κ2) is 11.1. The van der Waals surface area contributed by atoms with Crippen molar-refractivity contribution in [3.05, 3.63) is 87.3 Å². The Morgan fingerprint density at radius 3 is 2.51 bits per heavy atom. The lowest BCUT2D eigenvalue weighted by Gasteiger charge is -2.36. The fraction of sp³-hybridized carbons (Fsp3) is 0.250. The van der Waals surface area contributed by atoms with Gasteiger partial charge in [-0.15, -0.1) is 0 Å². The van der Waals surface area contributed by atoms with E-state index in [0.717, 1.165) is 22.3 Å². The van der Waals surface area contributed by atoms with Crippen LogP contribution < -0.4 is 15.1 Å². The molecule has 0 bridgehead atoms. The van der Waals surface area contributed by atoms with Crippen LogP contribution in [0.4, 0.5) is 5.69 Å². The van der Waals surface area contributed by atoms with Gasteiger partial charge in [-0.3, -0.25) is 19.8 Å². The number of pyridine rings is 1. The monoisotopic (exact) mass is 567 g/mol. The van der Waals surface area contributed by atoms with Crippen molar-refractivity contribution in [2.24, 2.45) is 7.05 Å². The zero-order valence-electron chi connectivity index (χ0n) is 21.4. The van der Waals surface area contributed by atoms with Crippen molar-refractivity contribution in [2.75, 3.05) is 31.1 Å². The number of hydrogen-bond acceptors (Lipinski definition) is 6. The van der Waals surface area contributed by atoms with Crippen molar-refractivity contribution in [3.8, 4) is 5.75 Å². The van der Waals surface area contributed by atoms with Gasteiger partial charge in [0.15, 0.2) is 5.75 Å². The maximum absolute atomic E-state index is 13.7. The van der Waals surface area contributed by atoms with Crippen LogP contribution in [0.1, 0.15) is 32.1 Å². The third-order valence-electron chi connectivity index (χ3n) is 6.78. The number of nitrogens with zero attached hydrogens (tertiary/aromatic N) is 4. The second-order valence-electron chi connectivity index (χ2n) is 9.39. The summed E-state index contributed by atoms with van der Waals surface area (Å²) in [4.78, 5) is 34.8. The van der Waals surface area contributed by atoms with E-state index in [0.29, 0.717) is 41.8 Å². The number of fused-ring (bicyclic) bond motifs is 1. The average molecular weight is 568 g/mol. The summed E-state index contributed by atoms with van der Waals surface area (Å²) in [5.41, 5.74) is 5.56. The van der Waals surface area contributed by atoms with Crippen molar-refractivity contribution in [2.45, 2.75) is 13.5 Å². The van der Waals surface area contributed by atoms with Gasteiger partial charge < -0.3 is 19.1 Å². The minimum atomic E-state index is -0.779. The first-order valence-electron chi connectivity index (χ1n) is 12.4. The standard InChI is InChI=1S/C28H27Cl2N5O4/c1-17-13-24(19-5-3-4-6-23(19)31-17)34-9-11-35(12-10-34)28(37)25-26(20(15-33(25)2)27(36)32-38)39-16-18-7-8-21(29)22(30)14-18/h3-8,13-15,38H,9-12,16H2,1-2H3,(H,32,36). The molecule has 4 aromatic rings. The van der Waals surface area contributed by atoms with E-state index in [2.05, 4.69) is 22.0 Å². The van der Waals surface area contributed by atoms with E-state index in [4.69, 9.17) is 27.9 Å². The maximum Gasteiger partial charge on any atom is 0.279 e. The molecule has 1 saturated heterocycles. The quantitative estimate of drug-likeness (QED) is 0.255. The lowest BCUT2D eigenvalue weighted by Crippen LogP contribution is -2.49. The van der Waals surface area contributed by atoms with E-state index < -0.39 is 5.91 Å². The van der Waals surface area contributed by atoms with Gasteiger partial charge in [0.1, 0.15) is 17.9 Å². The van der Waals surface area contributed by atoms with Gasteiger partial charge in [-0.2, -0.15) is 0 Å². The Labute approximate surface area is 235 Å². The van der Waals surface area contributed by atoms with Crippen LogP contribution in [0.5, 0.6) is 5.75 Å². The van der Waals surface area contributed by atoms with Crippen LogP contribution in [-0.2, 0) is 13.7 Å². The second-order valence-corrected chi connectivity index (χ2v) is 10.2. The summed E-state index contributed by atoms with van der Waals surface area (Å²) in [6.45, 7) is 4.24. The molecule has 9 nitrogen and oxygen atoms in total. The van der Waals surface area contributed by atoms with Crippen molar-refractivity contribution in [1.29, 1.82) is 0 Å². The number of ether oxygens (including phenoxy) is 1. The highest BCUT2D eigenvalue weighted by Gasteiger charge is 2.31. The predicted octanol–water partition coefficient (Wildman–Crippen LogP) is 4.85. The fourth-order valence-corrected chi connectivity index (χ4v) is 5.17. The van der Waals surface area contributed by atoms with Crippen LogP contribution in [0.3, 0.4) is 0 Å². The molecule has 39 heavy (non-hydrogen) atoms. The zero-order valence-corrected chi connectivity index (χ0v) is 23.0. The summed E-state index contributed by atoms with van der Waals surface area (Å²) < 4.78 is 7.54. The summed E-state index contributed by atoms with van der Waals surface area (Å²) >= 11 is 12.1. The number of carbonyl (C=O) groups excluding carboxylic acids is 2. The van der Waals surface area contributed by atoms with Crippen LogP contribution in [0.25, 0.3) is 10.9 Å². The number of benzene rings is 2. The number of aryl methyl sites for hydroxylation is 2. The molecule has 0 radical (unpaired) electrons. The third-order valence-corrected chi connectivity index (χ3v) is 7.52. The lowest BCUT2D eigenvalue weighted by molar-refractivity contribution is 0.0701. The average Bonchev–Trinajstić information content (AvgIpc) is 3.28. The first-order chi connectivity index (χ1) is 18.8. The van der Waals surface area contributed by atoms with Crippen LogP contribution in [-0.4, -0.2) is 57.7 Å². The molecule has 1 aliphatic rings. The van der Waals surface area contributed by atoms with Crippen LogP contribution >= 0.6 is 23.2 Å². The molecule has 2 amide bonds. The number of anilines is 1. The summed E-state index contributed by atoms with van der Waals surface area (Å²) in [6, 6.07) is 15.2. The molecule has 202 valence electrons. The first-order valence-corrected chi connectivity index (χ1v) is 13.1. The molecule has 5 rings (SSSR count). The highest BCUT2D eigenvalue weighted by molar-refractivity contribution is 6.42. The number of halogens is 2. The SMILES string of the molecule is Cc1cc(N2CCN(C(=O)c3c(OCc4ccc(Cl)c(Cl)c4)c(C(=O)NO)cn3C)CC2)c2ccccc2n1. The van der Waals surface area contributed by atoms with E-state index in [-0.39, 0.29) is 29.5 Å². The van der Waals surface area contributed by atoms with E-state index in [9.17, 15) is 14.8 Å². The number of piperazine rings is 1. The molecule has 2 N–H and O–H groups in total. The zero-order chi connectivity index (χ0) is 27.7. The summed E-state index contributed by atoms with van der Waals surface area (Å²) in [6.07, 6.45) is 1.46.